The van der Waals surface area contributed by atoms with Crippen molar-refractivity contribution >= 4 is 23.3 Å². The van der Waals surface area contributed by atoms with Gasteiger partial charge in [-0.3, -0.25) is 9.69 Å². The Morgan fingerprint density at radius 3 is 2.83 bits per heavy atom. The van der Waals surface area contributed by atoms with Crippen LogP contribution in [0.4, 0.5) is 4.79 Å². The third-order valence-corrected chi connectivity index (χ3v) is 6.15. The predicted molar refractivity (Wildman–Crippen MR) is 84.4 cm³/mol. The molecule has 0 saturated carbocycles. The molecule has 0 bridgehead atoms. The van der Waals surface area contributed by atoms with Crippen LogP contribution in [0.2, 0.25) is 0 Å². The van der Waals surface area contributed by atoms with Gasteiger partial charge in [-0.25, -0.2) is 4.79 Å². The molecular weight excluding hydrogens is 316 g/mol. The second-order valence-electron chi connectivity index (χ2n) is 6.28. The summed E-state index contributed by atoms with van der Waals surface area (Å²) in [5.41, 5.74) is 1.20. The Balaban J connectivity index is 1.40. The molecule has 0 aromatic carbocycles. The van der Waals surface area contributed by atoms with Crippen molar-refractivity contribution in [1.82, 2.24) is 9.80 Å². The lowest BCUT2D eigenvalue weighted by Gasteiger charge is -2.43. The van der Waals surface area contributed by atoms with Crippen molar-refractivity contribution in [2.45, 2.75) is 24.9 Å². The molecule has 3 aliphatic heterocycles. The van der Waals surface area contributed by atoms with E-state index >= 15 is 0 Å². The molecule has 1 aromatic heterocycles. The predicted octanol–water partition coefficient (Wildman–Crippen LogP) is 1.59. The minimum Gasteiger partial charge on any atom is -0.448 e. The van der Waals surface area contributed by atoms with E-state index in [1.54, 1.807) is 11.3 Å². The molecule has 1 aromatic rings. The number of rotatable bonds is 2. The molecule has 2 fully saturated rings. The summed E-state index contributed by atoms with van der Waals surface area (Å²) in [7, 11) is 0. The van der Waals surface area contributed by atoms with Crippen LogP contribution >= 0.6 is 11.3 Å². The van der Waals surface area contributed by atoms with Gasteiger partial charge in [-0.15, -0.1) is 11.3 Å². The molecule has 1 spiro atoms. The van der Waals surface area contributed by atoms with Gasteiger partial charge in [-0.1, -0.05) is 0 Å². The number of nitrogens with zero attached hydrogens (tertiary/aromatic N) is 2. The summed E-state index contributed by atoms with van der Waals surface area (Å²) in [6.07, 6.45) is 2.26. The number of carbonyl (C=O) groups excluding carboxylic acids is 2. The maximum atomic E-state index is 12.4. The van der Waals surface area contributed by atoms with Crippen molar-refractivity contribution in [2.24, 2.45) is 0 Å². The lowest BCUT2D eigenvalue weighted by Crippen LogP contribution is -2.50. The Hall–Kier alpha value is -1.60. The number of piperidine rings is 1. The molecule has 2 saturated heterocycles. The number of ether oxygens (including phenoxy) is 2. The van der Waals surface area contributed by atoms with Gasteiger partial charge in [0.1, 0.15) is 18.8 Å². The minimum atomic E-state index is -0.384. The minimum absolute atomic E-state index is 0.000845. The Kier molecular flexibility index (Phi) is 3.77. The van der Waals surface area contributed by atoms with Crippen LogP contribution in [0, 0.1) is 0 Å². The van der Waals surface area contributed by atoms with Crippen LogP contribution in [0.1, 0.15) is 23.3 Å². The largest absolute Gasteiger partial charge is 0.448 e. The molecule has 4 rings (SSSR count). The molecule has 6 nitrogen and oxygen atoms in total. The Labute approximate surface area is 139 Å². The van der Waals surface area contributed by atoms with Crippen LogP contribution in [0.3, 0.4) is 0 Å². The van der Waals surface area contributed by atoms with Crippen LogP contribution in [0.25, 0.3) is 0 Å². The molecule has 0 N–H and O–H groups in total. The highest BCUT2D eigenvalue weighted by Gasteiger charge is 2.42. The van der Waals surface area contributed by atoms with Gasteiger partial charge in [0.25, 0.3) is 0 Å². The summed E-state index contributed by atoms with van der Waals surface area (Å²) in [5.74, 6) is 0.000845. The summed E-state index contributed by atoms with van der Waals surface area (Å²) in [5, 5.41) is 2.14. The Morgan fingerprint density at radius 2 is 2.09 bits per heavy atom. The highest BCUT2D eigenvalue weighted by molar-refractivity contribution is 7.10. The average Bonchev–Trinajstić information content (AvgIpc) is 3.19. The van der Waals surface area contributed by atoms with E-state index in [9.17, 15) is 9.59 Å². The molecule has 124 valence electrons. The zero-order valence-corrected chi connectivity index (χ0v) is 13.8. The smallest absolute Gasteiger partial charge is 0.410 e. The highest BCUT2D eigenvalue weighted by Crippen LogP contribution is 2.44. The van der Waals surface area contributed by atoms with Gasteiger partial charge in [0.05, 0.1) is 13.2 Å². The van der Waals surface area contributed by atoms with Crippen LogP contribution in [-0.2, 0) is 26.3 Å². The van der Waals surface area contributed by atoms with Crippen molar-refractivity contribution < 1.29 is 19.1 Å². The zero-order valence-electron chi connectivity index (χ0n) is 13.0. The quantitative estimate of drug-likeness (QED) is 0.823. The number of hydrogen-bond donors (Lipinski definition) is 0. The first-order chi connectivity index (χ1) is 11.2. The molecular formula is C16H20N2O4S. The van der Waals surface area contributed by atoms with Crippen LogP contribution in [0.5, 0.6) is 0 Å². The molecule has 7 heteroatoms. The normalized spacial score (nSPS) is 23.0. The number of cyclic esters (lactones) is 1. The summed E-state index contributed by atoms with van der Waals surface area (Å²) < 4.78 is 11.0. The molecule has 4 heterocycles. The van der Waals surface area contributed by atoms with E-state index < -0.39 is 0 Å². The van der Waals surface area contributed by atoms with E-state index in [1.807, 2.05) is 4.90 Å². The first-order valence-electron chi connectivity index (χ1n) is 8.08. The van der Waals surface area contributed by atoms with E-state index in [2.05, 4.69) is 11.4 Å². The molecule has 0 aliphatic carbocycles. The number of thiophene rings is 1. The Bertz CT molecular complexity index is 621. The fraction of sp³-hybridized carbons (Fsp3) is 0.625. The molecule has 0 atom stereocenters. The number of hydrogen-bond acceptors (Lipinski definition) is 5. The summed E-state index contributed by atoms with van der Waals surface area (Å²) >= 11 is 1.77. The van der Waals surface area contributed by atoms with E-state index in [4.69, 9.17) is 9.47 Å². The maximum Gasteiger partial charge on any atom is 0.410 e. The lowest BCUT2D eigenvalue weighted by molar-refractivity contribution is -0.140. The Morgan fingerprint density at radius 1 is 1.26 bits per heavy atom. The summed E-state index contributed by atoms with van der Waals surface area (Å²) in [6, 6.07) is 2.20. The summed E-state index contributed by atoms with van der Waals surface area (Å²) in [6.45, 7) is 3.13. The van der Waals surface area contributed by atoms with Gasteiger partial charge in [0, 0.05) is 18.0 Å². The number of likely N-dealkylation sites (tertiary alicyclic amines) is 1. The fourth-order valence-corrected chi connectivity index (χ4v) is 4.84. The summed E-state index contributed by atoms with van der Waals surface area (Å²) in [4.78, 5) is 28.5. The second-order valence-corrected chi connectivity index (χ2v) is 7.20. The number of carbonyl (C=O) groups is 2. The van der Waals surface area contributed by atoms with Gasteiger partial charge in [-0.2, -0.15) is 0 Å². The molecule has 0 radical (unpaired) electrons. The standard InChI is InChI=1S/C16H20N2O4S/c19-13(11-18-7-9-21-15(18)20)17-5-3-16(4-6-17)14-12(1-8-22-16)2-10-23-14/h2,10H,1,3-9,11H2. The van der Waals surface area contributed by atoms with Crippen molar-refractivity contribution in [1.29, 1.82) is 0 Å². The number of fused-ring (bicyclic) bond motifs is 2. The van der Waals surface area contributed by atoms with Crippen molar-refractivity contribution in [3.8, 4) is 0 Å². The maximum absolute atomic E-state index is 12.4. The van der Waals surface area contributed by atoms with Gasteiger partial charge in [-0.05, 0) is 36.3 Å². The van der Waals surface area contributed by atoms with Gasteiger partial charge in [0.2, 0.25) is 5.91 Å². The highest BCUT2D eigenvalue weighted by atomic mass is 32.1. The molecule has 23 heavy (non-hydrogen) atoms. The van der Waals surface area contributed by atoms with E-state index in [1.165, 1.54) is 15.3 Å². The molecule has 0 unspecified atom stereocenters. The van der Waals surface area contributed by atoms with Crippen molar-refractivity contribution in [2.75, 3.05) is 39.4 Å². The first-order valence-corrected chi connectivity index (χ1v) is 8.96. The van der Waals surface area contributed by atoms with E-state index in [0.717, 1.165) is 25.9 Å². The van der Waals surface area contributed by atoms with Crippen molar-refractivity contribution in [3.63, 3.8) is 0 Å². The van der Waals surface area contributed by atoms with E-state index in [-0.39, 0.29) is 24.1 Å². The van der Waals surface area contributed by atoms with Gasteiger partial charge in [0.15, 0.2) is 0 Å². The lowest BCUT2D eigenvalue weighted by atomic mass is 9.85. The number of amides is 2. The topological polar surface area (TPSA) is 59.1 Å². The van der Waals surface area contributed by atoms with Gasteiger partial charge < -0.3 is 14.4 Å². The SMILES string of the molecule is O=C(CN1CCOC1=O)N1CCC2(CC1)OCCc1ccsc12. The molecule has 2 amide bonds. The second kappa shape index (κ2) is 5.79. The van der Waals surface area contributed by atoms with E-state index in [0.29, 0.717) is 26.2 Å². The van der Waals surface area contributed by atoms with Gasteiger partial charge >= 0.3 is 6.09 Å². The fourth-order valence-electron chi connectivity index (χ4n) is 3.68. The van der Waals surface area contributed by atoms with Crippen LogP contribution in [-0.4, -0.2) is 61.2 Å². The monoisotopic (exact) mass is 336 g/mol. The van der Waals surface area contributed by atoms with Crippen LogP contribution < -0.4 is 0 Å². The zero-order chi connectivity index (χ0) is 15.9. The molecule has 3 aliphatic rings. The third-order valence-electron chi connectivity index (χ3n) is 5.01. The van der Waals surface area contributed by atoms with Crippen molar-refractivity contribution in [3.05, 3.63) is 21.9 Å². The third kappa shape index (κ3) is 2.61. The van der Waals surface area contributed by atoms with Crippen LogP contribution in [0.15, 0.2) is 11.4 Å². The first kappa shape index (κ1) is 15.0. The average molecular weight is 336 g/mol.